The molecule has 32 heavy (non-hydrogen) atoms. The van der Waals surface area contributed by atoms with Crippen LogP contribution in [0.15, 0.2) is 48.5 Å². The Hall–Kier alpha value is -2.03. The Kier molecular flexibility index (Phi) is 9.61. The van der Waals surface area contributed by atoms with Gasteiger partial charge in [-0.25, -0.2) is 9.37 Å². The van der Waals surface area contributed by atoms with Gasteiger partial charge in [-0.15, -0.1) is 0 Å². The maximum atomic E-state index is 13.5. The molecule has 6 nitrogen and oxygen atoms in total. The summed E-state index contributed by atoms with van der Waals surface area (Å²) < 4.78 is 19.5. The second-order valence-electron chi connectivity index (χ2n) is 7.81. The Morgan fingerprint density at radius 1 is 1.09 bits per heavy atom. The maximum Gasteiger partial charge on any atom is 1.00 e. The summed E-state index contributed by atoms with van der Waals surface area (Å²) in [5.41, 5.74) is 2.84. The van der Waals surface area contributed by atoms with Crippen LogP contribution in [0.25, 0.3) is 22.2 Å². The molecule has 0 saturated carbocycles. The van der Waals surface area contributed by atoms with E-state index in [1.165, 1.54) is 12.1 Å². The molecule has 0 amide bonds. The van der Waals surface area contributed by atoms with E-state index >= 15 is 0 Å². The number of ether oxygens (including phenoxy) is 1. The van der Waals surface area contributed by atoms with Gasteiger partial charge in [0, 0.05) is 35.3 Å². The van der Waals surface area contributed by atoms with E-state index in [4.69, 9.17) is 9.72 Å². The van der Waals surface area contributed by atoms with Crippen molar-refractivity contribution >= 4 is 16.9 Å². The third-order valence-corrected chi connectivity index (χ3v) is 4.95. The van der Waals surface area contributed by atoms with Crippen molar-refractivity contribution in [1.29, 1.82) is 0 Å². The third-order valence-electron chi connectivity index (χ3n) is 4.95. The first-order valence-electron chi connectivity index (χ1n) is 10.1. The molecule has 2 atom stereocenters. The average molecular weight is 449 g/mol. The first-order valence-corrected chi connectivity index (χ1v) is 10.1. The van der Waals surface area contributed by atoms with Crippen molar-refractivity contribution in [2.24, 2.45) is 0 Å². The Morgan fingerprint density at radius 3 is 2.38 bits per heavy atom. The van der Waals surface area contributed by atoms with Crippen molar-refractivity contribution in [1.82, 2.24) is 4.98 Å². The minimum atomic E-state index is -1.39. The van der Waals surface area contributed by atoms with Crippen molar-refractivity contribution in [3.05, 3.63) is 59.9 Å². The predicted octanol–water partition coefficient (Wildman–Crippen LogP) is -0.201. The quantitative estimate of drug-likeness (QED) is 0.439. The number of carboxylic acids is 1. The molecule has 1 aromatic heterocycles. The molecule has 0 fully saturated rings. The van der Waals surface area contributed by atoms with E-state index in [0.717, 1.165) is 16.5 Å². The number of fused-ring (bicyclic) bond motifs is 1. The number of hydrogen-bond acceptors (Lipinski definition) is 6. The molecule has 3 rings (SSSR count). The molecule has 0 saturated heterocycles. The monoisotopic (exact) mass is 449 g/mol. The van der Waals surface area contributed by atoms with Crippen LogP contribution in [-0.4, -0.2) is 40.0 Å². The summed E-state index contributed by atoms with van der Waals surface area (Å²) in [5, 5.41) is 31.5. The van der Waals surface area contributed by atoms with Crippen LogP contribution in [0.2, 0.25) is 0 Å². The second-order valence-corrected chi connectivity index (χ2v) is 7.81. The Bertz CT molecular complexity index is 1060. The molecule has 2 aromatic carbocycles. The van der Waals surface area contributed by atoms with Gasteiger partial charge in [-0.2, -0.15) is 0 Å². The van der Waals surface area contributed by atoms with Crippen LogP contribution < -0.4 is 39.4 Å². The molecule has 1 heterocycles. The molecule has 0 aliphatic heterocycles. The van der Waals surface area contributed by atoms with Crippen LogP contribution in [0, 0.1) is 5.82 Å². The van der Waals surface area contributed by atoms with E-state index < -0.39 is 24.6 Å². The van der Waals surface area contributed by atoms with Gasteiger partial charge in [-0.3, -0.25) is 0 Å². The summed E-state index contributed by atoms with van der Waals surface area (Å²) in [5.74, 6) is -1.23. The number of carboxylic acid groups (broad SMARTS) is 1. The van der Waals surface area contributed by atoms with Crippen molar-refractivity contribution in [3.63, 3.8) is 0 Å². The molecule has 0 aliphatic carbocycles. The normalized spacial score (nSPS) is 12.9. The molecule has 0 radical (unpaired) electrons. The van der Waals surface area contributed by atoms with Crippen molar-refractivity contribution in [3.8, 4) is 17.0 Å². The van der Waals surface area contributed by atoms with Crippen LogP contribution >= 0.6 is 0 Å². The van der Waals surface area contributed by atoms with E-state index in [1.807, 2.05) is 38.1 Å². The molecule has 0 bridgehead atoms. The van der Waals surface area contributed by atoms with Crippen molar-refractivity contribution in [2.45, 2.75) is 44.8 Å². The van der Waals surface area contributed by atoms with E-state index in [1.54, 1.807) is 12.1 Å². The number of hydrogen-bond donors (Lipinski definition) is 2. The molecule has 2 N–H and O–H groups in total. The van der Waals surface area contributed by atoms with Crippen LogP contribution in [0.5, 0.6) is 5.75 Å². The van der Waals surface area contributed by atoms with Crippen LogP contribution in [-0.2, 0) is 4.79 Å². The number of carbonyl (C=O) groups excluding carboxylic acids is 1. The number of aromatic nitrogens is 1. The zero-order valence-corrected chi connectivity index (χ0v) is 20.4. The number of para-hydroxylation sites is 1. The van der Waals surface area contributed by atoms with E-state index in [9.17, 15) is 24.5 Å². The second kappa shape index (κ2) is 11.7. The number of aliphatic hydroxyl groups is 2. The zero-order valence-electron chi connectivity index (χ0n) is 18.4. The van der Waals surface area contributed by atoms with Crippen molar-refractivity contribution < 1.29 is 58.8 Å². The SMILES string of the molecule is CC(C)c1c(OCC(O)C[C@@H](O)CC(=O)[O-])c(-c2ccc(F)cc2)nc2ccccc12.[Na+]. The Labute approximate surface area is 208 Å². The summed E-state index contributed by atoms with van der Waals surface area (Å²) in [7, 11) is 0. The fourth-order valence-electron chi connectivity index (χ4n) is 3.58. The smallest absolute Gasteiger partial charge is 0.550 e. The van der Waals surface area contributed by atoms with Gasteiger partial charge in [-0.05, 0) is 36.2 Å². The summed E-state index contributed by atoms with van der Waals surface area (Å²) in [6.45, 7) is 3.87. The minimum Gasteiger partial charge on any atom is -0.550 e. The number of carbonyl (C=O) groups is 1. The van der Waals surface area contributed by atoms with E-state index in [-0.39, 0.29) is 54.3 Å². The summed E-state index contributed by atoms with van der Waals surface area (Å²) in [6, 6.07) is 13.5. The van der Waals surface area contributed by atoms with Gasteiger partial charge in [0.25, 0.3) is 0 Å². The average Bonchev–Trinajstić information content (AvgIpc) is 2.71. The number of pyridine rings is 1. The number of rotatable bonds is 9. The molecular formula is C24H25FNNaO5. The topological polar surface area (TPSA) is 103 Å². The molecule has 0 aliphatic rings. The fourth-order valence-corrected chi connectivity index (χ4v) is 3.58. The van der Waals surface area contributed by atoms with Crippen molar-refractivity contribution in [2.75, 3.05) is 6.61 Å². The Balaban J connectivity index is 0.00000363. The van der Waals surface area contributed by atoms with Crippen LogP contribution in [0.4, 0.5) is 4.39 Å². The van der Waals surface area contributed by atoms with E-state index in [0.29, 0.717) is 17.0 Å². The molecular weight excluding hydrogens is 424 g/mol. The molecule has 3 aromatic rings. The summed E-state index contributed by atoms with van der Waals surface area (Å²) in [4.78, 5) is 15.4. The summed E-state index contributed by atoms with van der Waals surface area (Å²) in [6.07, 6.45) is -3.06. The minimum absolute atomic E-state index is 0. The number of benzene rings is 2. The largest absolute Gasteiger partial charge is 1.00 e. The van der Waals surface area contributed by atoms with Gasteiger partial charge >= 0.3 is 29.6 Å². The third kappa shape index (κ3) is 6.49. The predicted molar refractivity (Wildman–Crippen MR) is 113 cm³/mol. The van der Waals surface area contributed by atoms with Gasteiger partial charge < -0.3 is 24.9 Å². The van der Waals surface area contributed by atoms with Gasteiger partial charge in [0.1, 0.15) is 23.9 Å². The molecule has 8 heteroatoms. The summed E-state index contributed by atoms with van der Waals surface area (Å²) >= 11 is 0. The first kappa shape index (κ1) is 26.2. The van der Waals surface area contributed by atoms with Crippen LogP contribution in [0.1, 0.15) is 38.2 Å². The van der Waals surface area contributed by atoms with Gasteiger partial charge in [0.05, 0.1) is 17.7 Å². The molecule has 0 spiro atoms. The van der Waals surface area contributed by atoms with Gasteiger partial charge in [0.2, 0.25) is 0 Å². The maximum absolute atomic E-state index is 13.5. The number of halogens is 1. The van der Waals surface area contributed by atoms with Crippen LogP contribution in [0.3, 0.4) is 0 Å². The van der Waals surface area contributed by atoms with E-state index in [2.05, 4.69) is 0 Å². The Morgan fingerprint density at radius 2 is 1.75 bits per heavy atom. The first-order chi connectivity index (χ1) is 14.8. The van der Waals surface area contributed by atoms with Gasteiger partial charge in [-0.1, -0.05) is 32.0 Å². The fraction of sp³-hybridized carbons (Fsp3) is 0.333. The standard InChI is InChI=1S/C24H26FNO5.Na/c1-14(2)22-19-5-3-4-6-20(19)26-23(15-7-9-16(25)10-8-15)24(22)31-13-18(28)11-17(27)12-21(29)30;/h3-10,14,17-18,27-28H,11-13H2,1-2H3,(H,29,30);/q;+1/p-1/t17-,18?;/m1./s1. The zero-order chi connectivity index (χ0) is 22.5. The molecule has 1 unspecified atom stereocenters. The van der Waals surface area contributed by atoms with Gasteiger partial charge in [0.15, 0.2) is 0 Å². The number of nitrogens with zero attached hydrogens (tertiary/aromatic N) is 1. The number of aliphatic carboxylic acids is 1. The molecule has 164 valence electrons. The number of aliphatic hydroxyl groups excluding tert-OH is 2.